The Kier molecular flexibility index (Phi) is 5.38. The van der Waals surface area contributed by atoms with Crippen molar-refractivity contribution in [1.82, 2.24) is 19.8 Å². The molecule has 1 aromatic heterocycles. The zero-order valence-electron chi connectivity index (χ0n) is 16.6. The molecule has 0 unspecified atom stereocenters. The fraction of sp³-hybridized carbons (Fsp3) is 0.400. The van der Waals surface area contributed by atoms with E-state index in [0.29, 0.717) is 29.5 Å². The van der Waals surface area contributed by atoms with E-state index in [1.807, 2.05) is 12.1 Å². The number of rotatable bonds is 2. The van der Waals surface area contributed by atoms with Gasteiger partial charge >= 0.3 is 0 Å². The zero-order valence-corrected chi connectivity index (χ0v) is 17.4. The Labute approximate surface area is 170 Å². The molecule has 0 atom stereocenters. The molecule has 0 radical (unpaired) electrons. The first-order valence-corrected chi connectivity index (χ1v) is 9.56. The lowest BCUT2D eigenvalue weighted by Crippen LogP contribution is -2.47. The molecule has 2 heterocycles. The Bertz CT molecular complexity index is 952. The topological polar surface area (TPSA) is 77.2 Å². The lowest BCUT2D eigenvalue weighted by Gasteiger charge is -2.30. The van der Waals surface area contributed by atoms with Crippen molar-refractivity contribution in [2.75, 3.05) is 18.4 Å². The van der Waals surface area contributed by atoms with Crippen molar-refractivity contribution >= 4 is 28.9 Å². The van der Waals surface area contributed by atoms with Gasteiger partial charge in [-0.2, -0.15) is 10.4 Å². The fourth-order valence-electron chi connectivity index (χ4n) is 3.05. The Hall–Kier alpha value is -2.92. The van der Waals surface area contributed by atoms with Crippen LogP contribution < -0.4 is 5.32 Å². The molecule has 3 rings (SSSR count). The highest BCUT2D eigenvalue weighted by atomic mass is 32.1. The largest absolute Gasteiger partial charge is 0.331 e. The van der Waals surface area contributed by atoms with Crippen LogP contribution in [0, 0.1) is 11.3 Å². The number of carbonyl (C=O) groups is 1. The third-order valence-electron chi connectivity index (χ3n) is 4.61. The van der Waals surface area contributed by atoms with Gasteiger partial charge in [-0.25, -0.2) is 5.01 Å². The van der Waals surface area contributed by atoms with Crippen LogP contribution in [-0.2, 0) is 12.5 Å². The smallest absolute Gasteiger partial charge is 0.290 e. The molecule has 1 aliphatic rings. The first-order valence-electron chi connectivity index (χ1n) is 9.15. The van der Waals surface area contributed by atoms with Crippen molar-refractivity contribution in [3.63, 3.8) is 0 Å². The maximum atomic E-state index is 13.2. The van der Waals surface area contributed by atoms with Crippen molar-refractivity contribution in [1.29, 1.82) is 5.26 Å². The van der Waals surface area contributed by atoms with Gasteiger partial charge in [-0.15, -0.1) is 0 Å². The van der Waals surface area contributed by atoms with Gasteiger partial charge in [0.25, 0.3) is 5.91 Å². The first-order chi connectivity index (χ1) is 13.2. The fourth-order valence-corrected chi connectivity index (χ4v) is 3.36. The summed E-state index contributed by atoms with van der Waals surface area (Å²) < 4.78 is 1.63. The minimum atomic E-state index is -0.135. The maximum absolute atomic E-state index is 13.2. The molecule has 0 spiro atoms. The lowest BCUT2D eigenvalue weighted by atomic mass is 9.92. The van der Waals surface area contributed by atoms with Crippen molar-refractivity contribution in [3.8, 4) is 6.07 Å². The van der Waals surface area contributed by atoms with Crippen LogP contribution in [0.5, 0.6) is 0 Å². The van der Waals surface area contributed by atoms with Crippen molar-refractivity contribution in [2.24, 2.45) is 7.05 Å². The van der Waals surface area contributed by atoms with Gasteiger partial charge in [0.15, 0.2) is 5.11 Å². The second-order valence-electron chi connectivity index (χ2n) is 7.82. The second kappa shape index (κ2) is 7.60. The summed E-state index contributed by atoms with van der Waals surface area (Å²) in [5, 5.41) is 20.6. The summed E-state index contributed by atoms with van der Waals surface area (Å²) in [6.45, 7) is 7.45. The molecule has 1 aromatic carbocycles. The molecule has 0 saturated carbocycles. The van der Waals surface area contributed by atoms with Gasteiger partial charge in [-0.05, 0) is 42.9 Å². The predicted octanol–water partition coefficient (Wildman–Crippen LogP) is 3.05. The van der Waals surface area contributed by atoms with Gasteiger partial charge in [0, 0.05) is 31.2 Å². The Morgan fingerprint density at radius 2 is 1.96 bits per heavy atom. The van der Waals surface area contributed by atoms with E-state index in [2.05, 4.69) is 37.3 Å². The number of carbonyl (C=O) groups excluding carboxylic acids is 1. The summed E-state index contributed by atoms with van der Waals surface area (Å²) >= 11 is 5.53. The molecule has 28 heavy (non-hydrogen) atoms. The summed E-state index contributed by atoms with van der Waals surface area (Å²) in [6.07, 6.45) is 0.829. The minimum absolute atomic E-state index is 0.127. The number of hydrazine groups is 1. The summed E-state index contributed by atoms with van der Waals surface area (Å²) in [5.41, 5.74) is 2.54. The van der Waals surface area contributed by atoms with Gasteiger partial charge in [0.2, 0.25) is 0 Å². The summed E-state index contributed by atoms with van der Waals surface area (Å²) in [7, 11) is 1.78. The number of anilines is 1. The third kappa shape index (κ3) is 3.99. The molecular formula is C20H24N6OS. The highest BCUT2D eigenvalue weighted by molar-refractivity contribution is 7.80. The number of hydrogen-bond donors (Lipinski definition) is 1. The van der Waals surface area contributed by atoms with Crippen LogP contribution in [0.15, 0.2) is 30.3 Å². The SMILES string of the molecule is Cn1nc(C(C)(C)C)cc1C(=O)N1CCCN1C(=S)Nc1cccc(C#N)c1. The number of aromatic nitrogens is 2. The summed E-state index contributed by atoms with van der Waals surface area (Å²) in [4.78, 5) is 13.2. The van der Waals surface area contributed by atoms with Crippen molar-refractivity contribution in [2.45, 2.75) is 32.6 Å². The van der Waals surface area contributed by atoms with Crippen LogP contribution >= 0.6 is 12.2 Å². The van der Waals surface area contributed by atoms with Gasteiger partial charge in [-0.1, -0.05) is 26.8 Å². The van der Waals surface area contributed by atoms with Gasteiger partial charge < -0.3 is 5.32 Å². The van der Waals surface area contributed by atoms with Crippen LogP contribution in [-0.4, -0.2) is 43.9 Å². The Morgan fingerprint density at radius 1 is 1.25 bits per heavy atom. The van der Waals surface area contributed by atoms with E-state index in [4.69, 9.17) is 17.5 Å². The molecule has 1 N–H and O–H groups in total. The van der Waals surface area contributed by atoms with Gasteiger partial charge in [0.05, 0.1) is 17.3 Å². The monoisotopic (exact) mass is 396 g/mol. The molecule has 7 nitrogen and oxygen atoms in total. The number of nitrogens with one attached hydrogen (secondary N) is 1. The number of aryl methyl sites for hydroxylation is 1. The van der Waals surface area contributed by atoms with E-state index in [1.54, 1.807) is 39.9 Å². The third-order valence-corrected chi connectivity index (χ3v) is 4.92. The maximum Gasteiger partial charge on any atom is 0.290 e. The van der Waals surface area contributed by atoms with Crippen molar-refractivity contribution < 1.29 is 4.79 Å². The summed E-state index contributed by atoms with van der Waals surface area (Å²) in [6, 6.07) is 11.1. The van der Waals surface area contributed by atoms with Crippen LogP contribution in [0.25, 0.3) is 0 Å². The Balaban J connectivity index is 1.79. The average molecular weight is 397 g/mol. The van der Waals surface area contributed by atoms with Crippen molar-refractivity contribution in [3.05, 3.63) is 47.3 Å². The van der Waals surface area contributed by atoms with E-state index in [-0.39, 0.29) is 11.3 Å². The quantitative estimate of drug-likeness (QED) is 0.786. The van der Waals surface area contributed by atoms with Crippen LogP contribution in [0.2, 0.25) is 0 Å². The average Bonchev–Trinajstić information content (AvgIpc) is 3.28. The van der Waals surface area contributed by atoms with Gasteiger partial charge in [-0.3, -0.25) is 14.5 Å². The molecular weight excluding hydrogens is 372 g/mol. The highest BCUT2D eigenvalue weighted by Gasteiger charge is 2.32. The predicted molar refractivity (Wildman–Crippen MR) is 112 cm³/mol. The second-order valence-corrected chi connectivity index (χ2v) is 8.20. The molecule has 1 saturated heterocycles. The number of amides is 1. The molecule has 1 amide bonds. The number of hydrogen-bond acceptors (Lipinski definition) is 4. The van der Waals surface area contributed by atoms with E-state index < -0.39 is 0 Å². The molecule has 146 valence electrons. The molecule has 8 heteroatoms. The molecule has 0 bridgehead atoms. The number of nitrogens with zero attached hydrogens (tertiary/aromatic N) is 5. The van der Waals surface area contributed by atoms with E-state index in [9.17, 15) is 4.79 Å². The standard InChI is InChI=1S/C20H24N6OS/c1-20(2,3)17-12-16(24(4)23-17)18(27)25-9-6-10-26(25)19(28)22-15-8-5-7-14(11-15)13-21/h5,7-8,11-12H,6,9-10H2,1-4H3,(H,22,28). The molecule has 1 fully saturated rings. The molecule has 1 aliphatic heterocycles. The number of benzene rings is 1. The Morgan fingerprint density at radius 3 is 2.61 bits per heavy atom. The normalized spacial score (nSPS) is 14.1. The van der Waals surface area contributed by atoms with Crippen LogP contribution in [0.4, 0.5) is 5.69 Å². The number of nitriles is 1. The van der Waals surface area contributed by atoms with E-state index in [0.717, 1.165) is 17.8 Å². The molecule has 0 aliphatic carbocycles. The van der Waals surface area contributed by atoms with Gasteiger partial charge in [0.1, 0.15) is 5.69 Å². The van der Waals surface area contributed by atoms with E-state index in [1.165, 1.54) is 0 Å². The zero-order chi connectivity index (χ0) is 20.5. The summed E-state index contributed by atoms with van der Waals surface area (Å²) in [5.74, 6) is -0.127. The molecule has 2 aromatic rings. The highest BCUT2D eigenvalue weighted by Crippen LogP contribution is 2.23. The number of thiocarbonyl (C=S) groups is 1. The first kappa shape index (κ1) is 19.8. The lowest BCUT2D eigenvalue weighted by molar-refractivity contribution is 0.0490. The van der Waals surface area contributed by atoms with Crippen LogP contribution in [0.1, 0.15) is 48.9 Å². The van der Waals surface area contributed by atoms with E-state index >= 15 is 0 Å². The minimum Gasteiger partial charge on any atom is -0.331 e. The van der Waals surface area contributed by atoms with Crippen LogP contribution in [0.3, 0.4) is 0 Å².